The molecule has 1 amide bonds. The van der Waals surface area contributed by atoms with Gasteiger partial charge in [0.1, 0.15) is 0 Å². The highest BCUT2D eigenvalue weighted by molar-refractivity contribution is 7.13. The number of rotatable bonds is 4. The Balaban J connectivity index is 1.62. The third kappa shape index (κ3) is 3.82. The number of nitrogens with zero attached hydrogens (tertiary/aromatic N) is 3. The van der Waals surface area contributed by atoms with Crippen LogP contribution in [0.1, 0.15) is 10.4 Å². The number of aromatic nitrogens is 1. The van der Waals surface area contributed by atoms with Crippen LogP contribution in [0.4, 0.5) is 10.8 Å². The second-order valence-corrected chi connectivity index (χ2v) is 6.17. The monoisotopic (exact) mass is 317 g/mol. The molecular formula is C15H19N5OS. The van der Waals surface area contributed by atoms with Gasteiger partial charge in [0, 0.05) is 49.0 Å². The predicted octanol–water partition coefficient (Wildman–Crippen LogP) is 1.78. The van der Waals surface area contributed by atoms with E-state index in [1.54, 1.807) is 6.20 Å². The van der Waals surface area contributed by atoms with Crippen LogP contribution in [0.15, 0.2) is 35.8 Å². The molecule has 1 aliphatic heterocycles. The highest BCUT2D eigenvalue weighted by Crippen LogP contribution is 2.19. The smallest absolute Gasteiger partial charge is 0.265 e. The Bertz CT molecular complexity index is 623. The van der Waals surface area contributed by atoms with Crippen molar-refractivity contribution in [2.75, 3.05) is 38.5 Å². The first-order valence-electron chi connectivity index (χ1n) is 7.22. The van der Waals surface area contributed by atoms with E-state index in [9.17, 15) is 4.79 Å². The van der Waals surface area contributed by atoms with Gasteiger partial charge in [0.2, 0.25) is 0 Å². The fourth-order valence-corrected chi connectivity index (χ4v) is 2.82. The molecule has 0 spiro atoms. The van der Waals surface area contributed by atoms with Gasteiger partial charge >= 0.3 is 0 Å². The topological polar surface area (TPSA) is 60.5 Å². The summed E-state index contributed by atoms with van der Waals surface area (Å²) >= 11 is 1.53. The molecule has 22 heavy (non-hydrogen) atoms. The quantitative estimate of drug-likeness (QED) is 0.900. The number of hydrazine groups is 1. The summed E-state index contributed by atoms with van der Waals surface area (Å²) in [5, 5.41) is 7.90. The van der Waals surface area contributed by atoms with E-state index in [-0.39, 0.29) is 5.91 Å². The summed E-state index contributed by atoms with van der Waals surface area (Å²) in [5.74, 6) is -0.0765. The Labute approximate surface area is 133 Å². The van der Waals surface area contributed by atoms with Gasteiger partial charge in [0.15, 0.2) is 5.13 Å². The highest BCUT2D eigenvalue weighted by atomic mass is 32.1. The van der Waals surface area contributed by atoms with E-state index in [0.29, 0.717) is 5.56 Å². The summed E-state index contributed by atoms with van der Waals surface area (Å²) in [6.45, 7) is 3.62. The summed E-state index contributed by atoms with van der Waals surface area (Å²) < 4.78 is 0. The van der Waals surface area contributed by atoms with Crippen molar-refractivity contribution in [3.63, 3.8) is 0 Å². The molecule has 6 nitrogen and oxygen atoms in total. The number of carbonyl (C=O) groups is 1. The Hall–Kier alpha value is -1.96. The van der Waals surface area contributed by atoms with Crippen molar-refractivity contribution in [1.29, 1.82) is 0 Å². The van der Waals surface area contributed by atoms with Gasteiger partial charge in [-0.1, -0.05) is 6.07 Å². The zero-order valence-corrected chi connectivity index (χ0v) is 13.3. The minimum atomic E-state index is -0.0765. The maximum atomic E-state index is 12.3. The van der Waals surface area contributed by atoms with E-state index < -0.39 is 0 Å². The summed E-state index contributed by atoms with van der Waals surface area (Å²) in [7, 11) is 2.09. The van der Waals surface area contributed by atoms with Crippen LogP contribution in [0.3, 0.4) is 0 Å². The van der Waals surface area contributed by atoms with Crippen molar-refractivity contribution in [2.24, 2.45) is 0 Å². The molecule has 0 bridgehead atoms. The first-order valence-corrected chi connectivity index (χ1v) is 8.10. The van der Waals surface area contributed by atoms with Crippen molar-refractivity contribution in [2.45, 2.75) is 0 Å². The number of hydrogen-bond donors (Lipinski definition) is 2. The fraction of sp³-hybridized carbons (Fsp3) is 0.333. The summed E-state index contributed by atoms with van der Waals surface area (Å²) in [4.78, 5) is 18.8. The van der Waals surface area contributed by atoms with Crippen molar-refractivity contribution < 1.29 is 4.79 Å². The molecule has 1 aromatic heterocycles. The number of carbonyl (C=O) groups excluding carboxylic acids is 1. The van der Waals surface area contributed by atoms with E-state index in [1.165, 1.54) is 11.3 Å². The molecule has 3 rings (SSSR count). The van der Waals surface area contributed by atoms with Crippen molar-refractivity contribution >= 4 is 28.1 Å². The van der Waals surface area contributed by atoms with Gasteiger partial charge in [-0.2, -0.15) is 0 Å². The largest absolute Gasteiger partial charge is 0.332 e. The zero-order valence-electron chi connectivity index (χ0n) is 12.5. The predicted molar refractivity (Wildman–Crippen MR) is 88.4 cm³/mol. The summed E-state index contributed by atoms with van der Waals surface area (Å²) in [6, 6.07) is 7.45. The van der Waals surface area contributed by atoms with Crippen molar-refractivity contribution in [1.82, 2.24) is 20.3 Å². The lowest BCUT2D eigenvalue weighted by molar-refractivity contribution is 0.0662. The molecule has 2 N–H and O–H groups in total. The van der Waals surface area contributed by atoms with Gasteiger partial charge in [0.05, 0.1) is 0 Å². The van der Waals surface area contributed by atoms with Gasteiger partial charge in [-0.05, 0) is 25.2 Å². The molecule has 0 unspecified atom stereocenters. The Morgan fingerprint density at radius 3 is 2.82 bits per heavy atom. The van der Waals surface area contributed by atoms with Gasteiger partial charge in [-0.15, -0.1) is 11.3 Å². The highest BCUT2D eigenvalue weighted by Gasteiger charge is 2.16. The van der Waals surface area contributed by atoms with E-state index >= 15 is 0 Å². The van der Waals surface area contributed by atoms with Crippen LogP contribution >= 0.6 is 11.3 Å². The molecule has 116 valence electrons. The lowest BCUT2D eigenvalue weighted by Gasteiger charge is -2.32. The molecule has 1 saturated heterocycles. The molecule has 0 aliphatic carbocycles. The van der Waals surface area contributed by atoms with E-state index in [2.05, 4.69) is 27.7 Å². The first-order chi connectivity index (χ1) is 10.7. The van der Waals surface area contributed by atoms with Crippen molar-refractivity contribution in [3.05, 3.63) is 41.4 Å². The van der Waals surface area contributed by atoms with Crippen LogP contribution in [0.5, 0.6) is 0 Å². The zero-order chi connectivity index (χ0) is 15.4. The number of nitrogens with one attached hydrogen (secondary N) is 2. The standard InChI is InChI=1S/C15H19N5OS/c1-19-6-8-20(9-7-19)18-14(21)12-3-2-4-13(11-12)17-15-16-5-10-22-15/h2-5,10-11H,6-9H2,1H3,(H,16,17)(H,18,21). The van der Waals surface area contributed by atoms with Crippen LogP contribution in [0.25, 0.3) is 0 Å². The minimum Gasteiger partial charge on any atom is -0.332 e. The average Bonchev–Trinajstić information content (AvgIpc) is 3.03. The van der Waals surface area contributed by atoms with Crippen LogP contribution in [0.2, 0.25) is 0 Å². The van der Waals surface area contributed by atoms with Gasteiger partial charge in [-0.3, -0.25) is 10.2 Å². The van der Waals surface area contributed by atoms with Gasteiger partial charge < -0.3 is 10.2 Å². The fourth-order valence-electron chi connectivity index (χ4n) is 2.27. The molecule has 1 aromatic carbocycles. The molecule has 0 saturated carbocycles. The minimum absolute atomic E-state index is 0.0765. The first kappa shape index (κ1) is 15.0. The Morgan fingerprint density at radius 1 is 1.27 bits per heavy atom. The molecule has 0 radical (unpaired) electrons. The molecule has 1 aliphatic rings. The lowest BCUT2D eigenvalue weighted by atomic mass is 10.2. The Morgan fingerprint density at radius 2 is 2.09 bits per heavy atom. The van der Waals surface area contributed by atoms with Crippen LogP contribution < -0.4 is 10.7 Å². The average molecular weight is 317 g/mol. The maximum Gasteiger partial charge on any atom is 0.265 e. The maximum absolute atomic E-state index is 12.3. The number of piperazine rings is 1. The van der Waals surface area contributed by atoms with Gasteiger partial charge in [0.25, 0.3) is 5.91 Å². The lowest BCUT2D eigenvalue weighted by Crippen LogP contribution is -2.52. The summed E-state index contributed by atoms with van der Waals surface area (Å²) in [6.07, 6.45) is 1.75. The molecule has 0 atom stereocenters. The van der Waals surface area contributed by atoms with Crippen molar-refractivity contribution in [3.8, 4) is 0 Å². The summed E-state index contributed by atoms with van der Waals surface area (Å²) in [5.41, 5.74) is 4.47. The van der Waals surface area contributed by atoms with E-state index in [4.69, 9.17) is 0 Å². The SMILES string of the molecule is CN1CCN(NC(=O)c2cccc(Nc3nccs3)c2)CC1. The molecule has 1 fully saturated rings. The third-order valence-electron chi connectivity index (χ3n) is 3.57. The number of amides is 1. The van der Waals surface area contributed by atoms with Crippen LogP contribution in [-0.4, -0.2) is 54.0 Å². The molecule has 2 heterocycles. The number of hydrogen-bond acceptors (Lipinski definition) is 6. The number of likely N-dealkylation sites (N-methyl/N-ethyl adjacent to an activating group) is 1. The molecular weight excluding hydrogens is 298 g/mol. The normalized spacial score (nSPS) is 16.4. The molecule has 2 aromatic rings. The number of anilines is 2. The second kappa shape index (κ2) is 6.87. The van der Waals surface area contributed by atoms with E-state index in [1.807, 2.05) is 34.7 Å². The number of benzene rings is 1. The third-order valence-corrected chi connectivity index (χ3v) is 4.26. The van der Waals surface area contributed by atoms with Crippen LogP contribution in [0, 0.1) is 0 Å². The second-order valence-electron chi connectivity index (χ2n) is 5.27. The number of thiazole rings is 1. The molecule has 7 heteroatoms. The Kier molecular flexibility index (Phi) is 4.67. The van der Waals surface area contributed by atoms with E-state index in [0.717, 1.165) is 37.0 Å². The van der Waals surface area contributed by atoms with Crippen LogP contribution in [-0.2, 0) is 0 Å². The van der Waals surface area contributed by atoms with Gasteiger partial charge in [-0.25, -0.2) is 9.99 Å².